The van der Waals surface area contributed by atoms with Gasteiger partial charge in [0.05, 0.1) is 11.4 Å². The molecule has 0 radical (unpaired) electrons. The van der Waals surface area contributed by atoms with Crippen molar-refractivity contribution in [3.63, 3.8) is 0 Å². The molecule has 0 aliphatic heterocycles. The molecular formula is C12H23N3. The average Bonchev–Trinajstić information content (AvgIpc) is 2.59. The normalized spacial score (nSPS) is 20.7. The topological polar surface area (TPSA) is 30.7 Å². The third kappa shape index (κ3) is 2.80. The van der Waals surface area contributed by atoms with Gasteiger partial charge >= 0.3 is 0 Å². The molecule has 1 atom stereocenters. The molecule has 2 rings (SSSR count). The van der Waals surface area contributed by atoms with Crippen LogP contribution in [0, 0.1) is 0 Å². The number of rotatable bonds is 0. The lowest BCUT2D eigenvalue weighted by Gasteiger charge is -2.14. The molecule has 1 aliphatic rings. The highest BCUT2D eigenvalue weighted by Gasteiger charge is 2.18. The Hall–Kier alpha value is -0.860. The summed E-state index contributed by atoms with van der Waals surface area (Å²) in [4.78, 5) is 0. The first-order valence-electron chi connectivity index (χ1n) is 6.17. The zero-order chi connectivity index (χ0) is 11.3. The quantitative estimate of drug-likeness (QED) is 0.657. The molecular weight excluding hydrogens is 186 g/mol. The summed E-state index contributed by atoms with van der Waals surface area (Å²) in [5.41, 5.74) is 2.59. The van der Waals surface area contributed by atoms with E-state index in [2.05, 4.69) is 17.2 Å². The van der Waals surface area contributed by atoms with Crippen molar-refractivity contribution < 1.29 is 0 Å². The van der Waals surface area contributed by atoms with Gasteiger partial charge in [-0.15, -0.1) is 5.10 Å². The van der Waals surface area contributed by atoms with E-state index >= 15 is 0 Å². The second-order valence-corrected chi connectivity index (χ2v) is 4.05. The Morgan fingerprint density at radius 1 is 1.20 bits per heavy atom. The maximum atomic E-state index is 4.25. The first-order chi connectivity index (χ1) is 7.29. The van der Waals surface area contributed by atoms with Crippen LogP contribution >= 0.6 is 0 Å². The van der Waals surface area contributed by atoms with Crippen LogP contribution in [0.4, 0.5) is 0 Å². The van der Waals surface area contributed by atoms with Crippen LogP contribution in [-0.2, 0) is 13.5 Å². The van der Waals surface area contributed by atoms with Crippen molar-refractivity contribution in [1.29, 1.82) is 0 Å². The second-order valence-electron chi connectivity index (χ2n) is 4.05. The summed E-state index contributed by atoms with van der Waals surface area (Å²) in [6.07, 6.45) is 6.42. The predicted molar refractivity (Wildman–Crippen MR) is 62.9 cm³/mol. The number of aryl methyl sites for hydroxylation is 1. The minimum atomic E-state index is 0.601. The molecule has 0 saturated heterocycles. The summed E-state index contributed by atoms with van der Waals surface area (Å²) in [5, 5.41) is 8.35. The lowest BCUT2D eigenvalue weighted by molar-refractivity contribution is 0.542. The zero-order valence-electron chi connectivity index (χ0n) is 10.5. The number of hydrogen-bond acceptors (Lipinski definition) is 2. The van der Waals surface area contributed by atoms with Gasteiger partial charge in [0, 0.05) is 13.0 Å². The van der Waals surface area contributed by atoms with Crippen LogP contribution in [0.1, 0.15) is 63.8 Å². The molecule has 0 spiro atoms. The Morgan fingerprint density at radius 2 is 1.93 bits per heavy atom. The van der Waals surface area contributed by atoms with Crippen LogP contribution in [0.2, 0.25) is 0 Å². The van der Waals surface area contributed by atoms with Crippen LogP contribution < -0.4 is 0 Å². The van der Waals surface area contributed by atoms with Gasteiger partial charge in [0.25, 0.3) is 0 Å². The molecule has 0 fully saturated rings. The van der Waals surface area contributed by atoms with E-state index in [-0.39, 0.29) is 0 Å². The summed E-state index contributed by atoms with van der Waals surface area (Å²) < 4.78 is 1.94. The largest absolute Gasteiger partial charge is 0.252 e. The van der Waals surface area contributed by atoms with Gasteiger partial charge in [0.1, 0.15) is 0 Å². The molecule has 0 saturated carbocycles. The van der Waals surface area contributed by atoms with Gasteiger partial charge in [-0.05, 0) is 19.3 Å². The molecule has 0 amide bonds. The lowest BCUT2D eigenvalue weighted by Crippen LogP contribution is -2.06. The lowest BCUT2D eigenvalue weighted by atomic mass is 9.93. The van der Waals surface area contributed by atoms with Gasteiger partial charge in [-0.2, -0.15) is 0 Å². The Balaban J connectivity index is 0.000000531. The predicted octanol–water partition coefficient (Wildman–Crippen LogP) is 3.06. The molecule has 1 aliphatic carbocycles. The fourth-order valence-corrected chi connectivity index (χ4v) is 2.12. The minimum Gasteiger partial charge on any atom is -0.252 e. The van der Waals surface area contributed by atoms with E-state index in [1.807, 2.05) is 25.6 Å². The van der Waals surface area contributed by atoms with Crippen LogP contribution in [0.25, 0.3) is 0 Å². The molecule has 1 aromatic rings. The maximum absolute atomic E-state index is 4.25. The van der Waals surface area contributed by atoms with Crippen LogP contribution in [0.5, 0.6) is 0 Å². The number of nitrogens with zero attached hydrogens (tertiary/aromatic N) is 3. The standard InChI is InChI=1S/C10H17N3.C2H6/c1-8-6-4-3-5-7-9-10(8)11-12-13(9)2;1-2/h8H,3-7H2,1-2H3;1-2H3. The van der Waals surface area contributed by atoms with Gasteiger partial charge in [-0.3, -0.25) is 4.68 Å². The number of hydrogen-bond donors (Lipinski definition) is 0. The van der Waals surface area contributed by atoms with Crippen molar-refractivity contribution in [3.8, 4) is 0 Å². The van der Waals surface area contributed by atoms with Gasteiger partial charge in [0.2, 0.25) is 0 Å². The second kappa shape index (κ2) is 5.89. The average molecular weight is 209 g/mol. The van der Waals surface area contributed by atoms with Crippen LogP contribution in [0.15, 0.2) is 0 Å². The molecule has 86 valence electrons. The summed E-state index contributed by atoms with van der Waals surface area (Å²) in [7, 11) is 2.00. The van der Waals surface area contributed by atoms with Gasteiger partial charge in [-0.25, -0.2) is 0 Å². The van der Waals surface area contributed by atoms with Crippen molar-refractivity contribution >= 4 is 0 Å². The highest BCUT2D eigenvalue weighted by Crippen LogP contribution is 2.26. The highest BCUT2D eigenvalue weighted by atomic mass is 15.4. The summed E-state index contributed by atoms with van der Waals surface area (Å²) in [6.45, 7) is 6.26. The van der Waals surface area contributed by atoms with Crippen molar-refractivity contribution in [3.05, 3.63) is 11.4 Å². The molecule has 0 aromatic carbocycles. The van der Waals surface area contributed by atoms with Gasteiger partial charge in [-0.1, -0.05) is 38.8 Å². The van der Waals surface area contributed by atoms with E-state index in [0.717, 1.165) is 6.42 Å². The minimum absolute atomic E-state index is 0.601. The van der Waals surface area contributed by atoms with Crippen molar-refractivity contribution in [2.45, 2.75) is 58.8 Å². The third-order valence-corrected chi connectivity index (χ3v) is 2.99. The monoisotopic (exact) mass is 209 g/mol. The fourth-order valence-electron chi connectivity index (χ4n) is 2.12. The van der Waals surface area contributed by atoms with E-state index in [0.29, 0.717) is 5.92 Å². The van der Waals surface area contributed by atoms with E-state index in [9.17, 15) is 0 Å². The van der Waals surface area contributed by atoms with Gasteiger partial charge < -0.3 is 0 Å². The molecule has 15 heavy (non-hydrogen) atoms. The molecule has 1 heterocycles. The van der Waals surface area contributed by atoms with Gasteiger partial charge in [0.15, 0.2) is 0 Å². The zero-order valence-corrected chi connectivity index (χ0v) is 10.5. The molecule has 1 aromatic heterocycles. The third-order valence-electron chi connectivity index (χ3n) is 2.99. The molecule has 3 nitrogen and oxygen atoms in total. The Morgan fingerprint density at radius 3 is 2.67 bits per heavy atom. The molecule has 3 heteroatoms. The number of fused-ring (bicyclic) bond motifs is 1. The van der Waals surface area contributed by atoms with Crippen LogP contribution in [0.3, 0.4) is 0 Å². The Labute approximate surface area is 92.9 Å². The fraction of sp³-hybridized carbons (Fsp3) is 0.833. The van der Waals surface area contributed by atoms with E-state index in [1.165, 1.54) is 37.1 Å². The summed E-state index contributed by atoms with van der Waals surface area (Å²) >= 11 is 0. The first-order valence-corrected chi connectivity index (χ1v) is 6.17. The summed E-state index contributed by atoms with van der Waals surface area (Å²) in [5.74, 6) is 0.601. The van der Waals surface area contributed by atoms with E-state index in [4.69, 9.17) is 0 Å². The molecule has 0 bridgehead atoms. The number of aromatic nitrogens is 3. The Bertz CT molecular complexity index is 291. The first kappa shape index (κ1) is 12.2. The SMILES string of the molecule is CC.CC1CCCCCc2c1nnn2C. The van der Waals surface area contributed by atoms with E-state index < -0.39 is 0 Å². The maximum Gasteiger partial charge on any atom is 0.0887 e. The van der Waals surface area contributed by atoms with Crippen molar-refractivity contribution in [2.75, 3.05) is 0 Å². The highest BCUT2D eigenvalue weighted by molar-refractivity contribution is 5.15. The van der Waals surface area contributed by atoms with E-state index in [1.54, 1.807) is 0 Å². The molecule has 1 unspecified atom stereocenters. The van der Waals surface area contributed by atoms with Crippen LogP contribution in [-0.4, -0.2) is 15.0 Å². The van der Waals surface area contributed by atoms with Crippen molar-refractivity contribution in [2.24, 2.45) is 7.05 Å². The molecule has 0 N–H and O–H groups in total. The van der Waals surface area contributed by atoms with Crippen molar-refractivity contribution in [1.82, 2.24) is 15.0 Å². The Kier molecular flexibility index (Phi) is 4.79. The smallest absolute Gasteiger partial charge is 0.0887 e. The summed E-state index contributed by atoms with van der Waals surface area (Å²) in [6, 6.07) is 0.